The van der Waals surface area contributed by atoms with Crippen molar-refractivity contribution in [2.45, 2.75) is 51.5 Å². The van der Waals surface area contributed by atoms with Crippen LogP contribution in [0, 0.1) is 0 Å². The van der Waals surface area contributed by atoms with Crippen LogP contribution in [0.4, 0.5) is 11.8 Å². The van der Waals surface area contributed by atoms with Gasteiger partial charge < -0.3 is 10.6 Å². The molecule has 0 saturated heterocycles. The monoisotopic (exact) mass is 290 g/mol. The number of aromatic nitrogens is 2. The second-order valence-electron chi connectivity index (χ2n) is 5.85. The highest BCUT2D eigenvalue weighted by Gasteiger charge is 2.29. The zero-order valence-corrected chi connectivity index (χ0v) is 13.0. The van der Waals surface area contributed by atoms with Gasteiger partial charge in [0, 0.05) is 12.1 Å². The molecule has 0 spiro atoms. The smallest absolute Gasteiger partial charge is 0.226 e. The van der Waals surface area contributed by atoms with Gasteiger partial charge in [-0.05, 0) is 37.6 Å². The molecule has 1 aliphatic rings. The Balaban J connectivity index is 1.92. The summed E-state index contributed by atoms with van der Waals surface area (Å²) < 4.78 is 0. The Morgan fingerprint density at radius 3 is 2.85 bits per heavy atom. The molecule has 20 heavy (non-hydrogen) atoms. The summed E-state index contributed by atoms with van der Waals surface area (Å²) >= 11 is 1.67. The van der Waals surface area contributed by atoms with Gasteiger partial charge in [0.15, 0.2) is 0 Å². The van der Waals surface area contributed by atoms with Crippen LogP contribution in [0.1, 0.15) is 46.0 Å². The fraction of sp³-hybridized carbons (Fsp3) is 0.600. The quantitative estimate of drug-likeness (QED) is 0.864. The van der Waals surface area contributed by atoms with Crippen molar-refractivity contribution in [3.05, 3.63) is 11.4 Å². The molecular weight excluding hydrogens is 268 g/mol. The van der Waals surface area contributed by atoms with Gasteiger partial charge in [-0.2, -0.15) is 4.98 Å². The van der Waals surface area contributed by atoms with E-state index in [1.807, 2.05) is 0 Å². The normalized spacial score (nSPS) is 17.5. The number of thiophene rings is 1. The molecule has 0 radical (unpaired) electrons. The van der Waals surface area contributed by atoms with Gasteiger partial charge in [-0.3, -0.25) is 0 Å². The van der Waals surface area contributed by atoms with E-state index >= 15 is 0 Å². The predicted octanol–water partition coefficient (Wildman–Crippen LogP) is 4.26. The van der Waals surface area contributed by atoms with Crippen molar-refractivity contribution >= 4 is 33.3 Å². The van der Waals surface area contributed by atoms with Crippen LogP contribution in [0.3, 0.4) is 0 Å². The van der Waals surface area contributed by atoms with Crippen LogP contribution in [0.15, 0.2) is 11.4 Å². The standard InChI is InChI=1S/C15H22N4S/c1-3-9-16-14-17-12(11-6-10-20-13(11)18-14)19-15(2)7-4-5-8-15/h6,10H,3-5,7-9H2,1-2H3,(H2,16,17,18,19). The molecule has 1 fully saturated rings. The molecule has 1 aliphatic carbocycles. The highest BCUT2D eigenvalue weighted by atomic mass is 32.1. The maximum atomic E-state index is 4.69. The fourth-order valence-electron chi connectivity index (χ4n) is 2.83. The molecule has 0 amide bonds. The summed E-state index contributed by atoms with van der Waals surface area (Å²) in [5.41, 5.74) is 0.186. The van der Waals surface area contributed by atoms with Gasteiger partial charge in [-0.15, -0.1) is 11.3 Å². The number of anilines is 2. The van der Waals surface area contributed by atoms with E-state index in [-0.39, 0.29) is 5.54 Å². The summed E-state index contributed by atoms with van der Waals surface area (Å²) in [6.07, 6.45) is 6.14. The molecule has 1 saturated carbocycles. The van der Waals surface area contributed by atoms with E-state index < -0.39 is 0 Å². The lowest BCUT2D eigenvalue weighted by molar-refractivity contribution is 0.532. The lowest BCUT2D eigenvalue weighted by atomic mass is 10.0. The minimum atomic E-state index is 0.186. The molecule has 2 N–H and O–H groups in total. The summed E-state index contributed by atoms with van der Waals surface area (Å²) in [4.78, 5) is 10.3. The molecule has 3 rings (SSSR count). The first-order valence-corrected chi connectivity index (χ1v) is 8.35. The molecule has 4 nitrogen and oxygen atoms in total. The van der Waals surface area contributed by atoms with Crippen LogP contribution in [0.2, 0.25) is 0 Å². The summed E-state index contributed by atoms with van der Waals surface area (Å²) in [6, 6.07) is 2.12. The maximum absolute atomic E-state index is 4.69. The Labute approximate surface area is 124 Å². The van der Waals surface area contributed by atoms with E-state index in [9.17, 15) is 0 Å². The van der Waals surface area contributed by atoms with Crippen molar-refractivity contribution in [3.8, 4) is 0 Å². The zero-order valence-electron chi connectivity index (χ0n) is 12.2. The molecule has 0 atom stereocenters. The maximum Gasteiger partial charge on any atom is 0.226 e. The average molecular weight is 290 g/mol. The van der Waals surface area contributed by atoms with Gasteiger partial charge in [0.2, 0.25) is 5.95 Å². The van der Waals surface area contributed by atoms with Gasteiger partial charge in [0.1, 0.15) is 10.6 Å². The van der Waals surface area contributed by atoms with Crippen LogP contribution in [0.5, 0.6) is 0 Å². The topological polar surface area (TPSA) is 49.8 Å². The zero-order chi connectivity index (χ0) is 14.0. The summed E-state index contributed by atoms with van der Waals surface area (Å²) in [6.45, 7) is 5.36. The third-order valence-electron chi connectivity index (χ3n) is 3.99. The van der Waals surface area contributed by atoms with Crippen molar-refractivity contribution in [1.82, 2.24) is 9.97 Å². The first-order chi connectivity index (χ1) is 9.70. The molecule has 0 unspecified atom stereocenters. The van der Waals surface area contributed by atoms with E-state index in [2.05, 4.69) is 40.9 Å². The molecule has 5 heteroatoms. The van der Waals surface area contributed by atoms with E-state index in [0.29, 0.717) is 0 Å². The minimum Gasteiger partial charge on any atom is -0.364 e. The third-order valence-corrected chi connectivity index (χ3v) is 4.79. The largest absolute Gasteiger partial charge is 0.364 e. The Kier molecular flexibility index (Phi) is 3.78. The van der Waals surface area contributed by atoms with Crippen LogP contribution >= 0.6 is 11.3 Å². The van der Waals surface area contributed by atoms with Crippen molar-refractivity contribution < 1.29 is 0 Å². The molecule has 0 bridgehead atoms. The van der Waals surface area contributed by atoms with Crippen molar-refractivity contribution in [2.24, 2.45) is 0 Å². The van der Waals surface area contributed by atoms with Gasteiger partial charge in [-0.25, -0.2) is 4.98 Å². The Morgan fingerprint density at radius 2 is 2.10 bits per heavy atom. The molecule has 2 aromatic rings. The van der Waals surface area contributed by atoms with Gasteiger partial charge in [0.25, 0.3) is 0 Å². The van der Waals surface area contributed by atoms with E-state index in [0.717, 1.165) is 34.9 Å². The number of rotatable bonds is 5. The van der Waals surface area contributed by atoms with E-state index in [1.54, 1.807) is 11.3 Å². The van der Waals surface area contributed by atoms with E-state index in [4.69, 9.17) is 4.98 Å². The number of hydrogen-bond acceptors (Lipinski definition) is 5. The van der Waals surface area contributed by atoms with Crippen molar-refractivity contribution in [1.29, 1.82) is 0 Å². The summed E-state index contributed by atoms with van der Waals surface area (Å²) in [5.74, 6) is 1.73. The Hall–Kier alpha value is -1.36. The first-order valence-electron chi connectivity index (χ1n) is 7.47. The molecule has 0 aromatic carbocycles. The molecule has 2 heterocycles. The second kappa shape index (κ2) is 5.56. The van der Waals surface area contributed by atoms with Gasteiger partial charge in [0.05, 0.1) is 5.39 Å². The fourth-order valence-corrected chi connectivity index (χ4v) is 3.60. The number of hydrogen-bond donors (Lipinski definition) is 2. The van der Waals surface area contributed by atoms with Crippen LogP contribution < -0.4 is 10.6 Å². The first kappa shape index (κ1) is 13.6. The Bertz CT molecular complexity index is 587. The predicted molar refractivity (Wildman–Crippen MR) is 86.7 cm³/mol. The molecule has 0 aliphatic heterocycles. The summed E-state index contributed by atoms with van der Waals surface area (Å²) in [5, 5.41) is 10.2. The van der Waals surface area contributed by atoms with E-state index in [1.165, 1.54) is 25.7 Å². The third kappa shape index (κ3) is 2.73. The second-order valence-corrected chi connectivity index (χ2v) is 6.75. The van der Waals surface area contributed by atoms with Crippen molar-refractivity contribution in [2.75, 3.05) is 17.2 Å². The lowest BCUT2D eigenvalue weighted by Gasteiger charge is -2.26. The number of nitrogens with one attached hydrogen (secondary N) is 2. The molecule has 108 valence electrons. The summed E-state index contributed by atoms with van der Waals surface area (Å²) in [7, 11) is 0. The molecule has 2 aromatic heterocycles. The average Bonchev–Trinajstić information content (AvgIpc) is 3.05. The highest BCUT2D eigenvalue weighted by molar-refractivity contribution is 7.16. The van der Waals surface area contributed by atoms with Crippen LogP contribution in [-0.4, -0.2) is 22.1 Å². The lowest BCUT2D eigenvalue weighted by Crippen LogP contribution is -2.31. The van der Waals surface area contributed by atoms with Crippen molar-refractivity contribution in [3.63, 3.8) is 0 Å². The van der Waals surface area contributed by atoms with Crippen LogP contribution in [0.25, 0.3) is 10.2 Å². The van der Waals surface area contributed by atoms with Crippen LogP contribution in [-0.2, 0) is 0 Å². The number of nitrogens with zero attached hydrogens (tertiary/aromatic N) is 2. The highest BCUT2D eigenvalue weighted by Crippen LogP contribution is 2.35. The Morgan fingerprint density at radius 1 is 1.30 bits per heavy atom. The van der Waals surface area contributed by atoms with Gasteiger partial charge >= 0.3 is 0 Å². The minimum absolute atomic E-state index is 0.186. The SMILES string of the molecule is CCCNc1nc(NC2(C)CCCC2)c2ccsc2n1. The number of fused-ring (bicyclic) bond motifs is 1. The van der Waals surface area contributed by atoms with Gasteiger partial charge in [-0.1, -0.05) is 19.8 Å². The molecular formula is C15H22N4S.